The standard InChI is InChI=1S/C10H18N4/c1-3-9-7(2)10(13-12-9)14-5-4-8(11)6-14/h8H,3-6,11H2,1-2H3,(H,12,13). The minimum atomic E-state index is 0.316. The molecule has 78 valence electrons. The number of anilines is 1. The van der Waals surface area contributed by atoms with Crippen molar-refractivity contribution >= 4 is 5.82 Å². The van der Waals surface area contributed by atoms with Crippen LogP contribution < -0.4 is 10.6 Å². The van der Waals surface area contributed by atoms with Gasteiger partial charge in [-0.15, -0.1) is 0 Å². The second-order valence-corrected chi connectivity index (χ2v) is 4.00. The van der Waals surface area contributed by atoms with Crippen LogP contribution in [0.4, 0.5) is 5.82 Å². The molecular formula is C10H18N4. The third kappa shape index (κ3) is 1.50. The first-order chi connectivity index (χ1) is 6.72. The van der Waals surface area contributed by atoms with E-state index < -0.39 is 0 Å². The molecule has 1 aromatic rings. The highest BCUT2D eigenvalue weighted by molar-refractivity contribution is 5.49. The first kappa shape index (κ1) is 9.52. The summed E-state index contributed by atoms with van der Waals surface area (Å²) in [6.45, 7) is 6.24. The van der Waals surface area contributed by atoms with E-state index >= 15 is 0 Å². The Morgan fingerprint density at radius 3 is 2.93 bits per heavy atom. The van der Waals surface area contributed by atoms with Crippen molar-refractivity contribution in [3.63, 3.8) is 0 Å². The zero-order chi connectivity index (χ0) is 10.1. The molecule has 1 atom stereocenters. The minimum absolute atomic E-state index is 0.316. The molecular weight excluding hydrogens is 176 g/mol. The van der Waals surface area contributed by atoms with E-state index in [0.29, 0.717) is 6.04 Å². The molecule has 1 aromatic heterocycles. The number of nitrogens with two attached hydrogens (primary N) is 1. The first-order valence-corrected chi connectivity index (χ1v) is 5.26. The summed E-state index contributed by atoms with van der Waals surface area (Å²) >= 11 is 0. The van der Waals surface area contributed by atoms with E-state index in [9.17, 15) is 0 Å². The van der Waals surface area contributed by atoms with Gasteiger partial charge in [-0.2, -0.15) is 5.10 Å². The molecule has 14 heavy (non-hydrogen) atoms. The molecule has 0 spiro atoms. The maximum absolute atomic E-state index is 5.87. The number of nitrogens with zero attached hydrogens (tertiary/aromatic N) is 2. The van der Waals surface area contributed by atoms with Crippen LogP contribution in [0.25, 0.3) is 0 Å². The maximum atomic E-state index is 5.87. The van der Waals surface area contributed by atoms with Gasteiger partial charge in [0.25, 0.3) is 0 Å². The summed E-state index contributed by atoms with van der Waals surface area (Å²) in [5.74, 6) is 1.09. The zero-order valence-electron chi connectivity index (χ0n) is 8.88. The van der Waals surface area contributed by atoms with Gasteiger partial charge in [-0.05, 0) is 19.8 Å². The molecule has 2 heterocycles. The number of aromatic nitrogens is 2. The lowest BCUT2D eigenvalue weighted by molar-refractivity contribution is 0.751. The fourth-order valence-corrected chi connectivity index (χ4v) is 2.05. The fourth-order valence-electron chi connectivity index (χ4n) is 2.05. The molecule has 2 rings (SSSR count). The summed E-state index contributed by atoms with van der Waals surface area (Å²) in [4.78, 5) is 2.27. The Labute approximate surface area is 84.5 Å². The van der Waals surface area contributed by atoms with Crippen LogP contribution >= 0.6 is 0 Å². The van der Waals surface area contributed by atoms with E-state index in [2.05, 4.69) is 28.9 Å². The van der Waals surface area contributed by atoms with E-state index in [1.165, 1.54) is 11.3 Å². The Morgan fingerprint density at radius 1 is 1.64 bits per heavy atom. The number of nitrogens with one attached hydrogen (secondary N) is 1. The number of hydrogen-bond acceptors (Lipinski definition) is 3. The number of aromatic amines is 1. The molecule has 1 fully saturated rings. The van der Waals surface area contributed by atoms with Gasteiger partial charge in [0.1, 0.15) is 0 Å². The van der Waals surface area contributed by atoms with E-state index in [1.54, 1.807) is 0 Å². The molecule has 0 radical (unpaired) electrons. The van der Waals surface area contributed by atoms with Crippen LogP contribution in [-0.4, -0.2) is 29.3 Å². The van der Waals surface area contributed by atoms with E-state index in [4.69, 9.17) is 5.73 Å². The number of hydrogen-bond donors (Lipinski definition) is 2. The number of H-pyrrole nitrogens is 1. The average molecular weight is 194 g/mol. The predicted molar refractivity (Wildman–Crippen MR) is 57.5 cm³/mol. The predicted octanol–water partition coefficient (Wildman–Crippen LogP) is 0.818. The summed E-state index contributed by atoms with van der Waals surface area (Å²) in [5, 5.41) is 7.43. The smallest absolute Gasteiger partial charge is 0.153 e. The van der Waals surface area contributed by atoms with Crippen LogP contribution in [0.2, 0.25) is 0 Å². The monoisotopic (exact) mass is 194 g/mol. The summed E-state index contributed by atoms with van der Waals surface area (Å²) in [6.07, 6.45) is 2.09. The van der Waals surface area contributed by atoms with Crippen molar-refractivity contribution in [1.82, 2.24) is 10.2 Å². The normalized spacial score (nSPS) is 21.9. The van der Waals surface area contributed by atoms with Crippen molar-refractivity contribution in [2.75, 3.05) is 18.0 Å². The average Bonchev–Trinajstić information content (AvgIpc) is 2.72. The van der Waals surface area contributed by atoms with Gasteiger partial charge in [0.2, 0.25) is 0 Å². The van der Waals surface area contributed by atoms with Crippen LogP contribution in [0, 0.1) is 6.92 Å². The quantitative estimate of drug-likeness (QED) is 0.732. The van der Waals surface area contributed by atoms with Crippen molar-refractivity contribution < 1.29 is 0 Å². The highest BCUT2D eigenvalue weighted by atomic mass is 15.3. The van der Waals surface area contributed by atoms with Crippen LogP contribution in [0.15, 0.2) is 0 Å². The molecule has 1 saturated heterocycles. The van der Waals surface area contributed by atoms with E-state index in [-0.39, 0.29) is 0 Å². The fraction of sp³-hybridized carbons (Fsp3) is 0.700. The molecule has 1 unspecified atom stereocenters. The van der Waals surface area contributed by atoms with Crippen LogP contribution in [0.1, 0.15) is 24.6 Å². The molecule has 4 nitrogen and oxygen atoms in total. The lowest BCUT2D eigenvalue weighted by atomic mass is 10.2. The van der Waals surface area contributed by atoms with Crippen molar-refractivity contribution in [2.24, 2.45) is 5.73 Å². The lowest BCUT2D eigenvalue weighted by Gasteiger charge is -2.15. The third-order valence-corrected chi connectivity index (χ3v) is 2.96. The van der Waals surface area contributed by atoms with Gasteiger partial charge >= 0.3 is 0 Å². The molecule has 1 aliphatic heterocycles. The topological polar surface area (TPSA) is 57.9 Å². The number of rotatable bonds is 2. The van der Waals surface area contributed by atoms with E-state index in [1.807, 2.05) is 0 Å². The Balaban J connectivity index is 2.20. The molecule has 1 aliphatic rings. The van der Waals surface area contributed by atoms with E-state index in [0.717, 1.165) is 31.7 Å². The Hall–Kier alpha value is -1.03. The zero-order valence-corrected chi connectivity index (χ0v) is 8.88. The summed E-state index contributed by atoms with van der Waals surface area (Å²) < 4.78 is 0. The Morgan fingerprint density at radius 2 is 2.43 bits per heavy atom. The SMILES string of the molecule is CCc1[nH]nc(N2CCC(N)C2)c1C. The maximum Gasteiger partial charge on any atom is 0.153 e. The molecule has 4 heteroatoms. The van der Waals surface area contributed by atoms with Gasteiger partial charge in [0, 0.05) is 30.4 Å². The van der Waals surface area contributed by atoms with Gasteiger partial charge in [-0.3, -0.25) is 5.10 Å². The number of aryl methyl sites for hydroxylation is 1. The van der Waals surface area contributed by atoms with Gasteiger partial charge in [-0.25, -0.2) is 0 Å². The Bertz CT molecular complexity index is 318. The van der Waals surface area contributed by atoms with Crippen molar-refractivity contribution in [3.05, 3.63) is 11.3 Å². The van der Waals surface area contributed by atoms with Crippen LogP contribution in [0.5, 0.6) is 0 Å². The van der Waals surface area contributed by atoms with Crippen molar-refractivity contribution in [2.45, 2.75) is 32.7 Å². The molecule has 0 bridgehead atoms. The molecule has 0 saturated carbocycles. The second kappa shape index (κ2) is 3.61. The largest absolute Gasteiger partial charge is 0.353 e. The minimum Gasteiger partial charge on any atom is -0.353 e. The third-order valence-electron chi connectivity index (χ3n) is 2.96. The van der Waals surface area contributed by atoms with Crippen LogP contribution in [0.3, 0.4) is 0 Å². The van der Waals surface area contributed by atoms with Gasteiger partial charge in [0.15, 0.2) is 5.82 Å². The van der Waals surface area contributed by atoms with Gasteiger partial charge < -0.3 is 10.6 Å². The summed E-state index contributed by atoms with van der Waals surface area (Å²) in [6, 6.07) is 0.316. The summed E-state index contributed by atoms with van der Waals surface area (Å²) in [5.41, 5.74) is 8.39. The lowest BCUT2D eigenvalue weighted by Crippen LogP contribution is -2.26. The van der Waals surface area contributed by atoms with Crippen LogP contribution in [-0.2, 0) is 6.42 Å². The highest BCUT2D eigenvalue weighted by Crippen LogP contribution is 2.23. The molecule has 0 aromatic carbocycles. The Kier molecular flexibility index (Phi) is 2.46. The molecule has 3 N–H and O–H groups in total. The van der Waals surface area contributed by atoms with Crippen molar-refractivity contribution in [3.8, 4) is 0 Å². The van der Waals surface area contributed by atoms with Crippen molar-refractivity contribution in [1.29, 1.82) is 0 Å². The second-order valence-electron chi connectivity index (χ2n) is 4.00. The molecule has 0 aliphatic carbocycles. The van der Waals surface area contributed by atoms with Gasteiger partial charge in [0.05, 0.1) is 0 Å². The first-order valence-electron chi connectivity index (χ1n) is 5.26. The highest BCUT2D eigenvalue weighted by Gasteiger charge is 2.23. The summed E-state index contributed by atoms with van der Waals surface area (Å²) in [7, 11) is 0. The molecule has 0 amide bonds. The van der Waals surface area contributed by atoms with Gasteiger partial charge in [-0.1, -0.05) is 6.92 Å².